The molecule has 9 heteroatoms. The van der Waals surface area contributed by atoms with Crippen molar-refractivity contribution in [2.75, 3.05) is 37.8 Å². The van der Waals surface area contributed by atoms with Crippen LogP contribution in [0.15, 0.2) is 91.3 Å². The van der Waals surface area contributed by atoms with Crippen molar-refractivity contribution in [2.45, 2.75) is 19.8 Å². The lowest BCUT2D eigenvalue weighted by Gasteiger charge is -2.12. The summed E-state index contributed by atoms with van der Waals surface area (Å²) < 4.78 is 6.18. The third kappa shape index (κ3) is 7.61. The van der Waals surface area contributed by atoms with E-state index in [1.807, 2.05) is 85.8 Å². The first-order valence-corrected chi connectivity index (χ1v) is 13.7. The number of nitrogens with zero attached hydrogens (tertiary/aromatic N) is 6. The van der Waals surface area contributed by atoms with Crippen molar-refractivity contribution in [1.29, 1.82) is 0 Å². The molecule has 5 rings (SSSR count). The Hall–Kier alpha value is -4.89. The third-order valence-electron chi connectivity index (χ3n) is 6.40. The Morgan fingerprint density at radius 2 is 1.63 bits per heavy atom. The van der Waals surface area contributed by atoms with Crippen LogP contribution in [-0.4, -0.2) is 57.2 Å². The number of aromatic nitrogens is 5. The van der Waals surface area contributed by atoms with E-state index in [1.165, 1.54) is 0 Å². The van der Waals surface area contributed by atoms with Gasteiger partial charge < -0.3 is 20.3 Å². The molecule has 0 aliphatic rings. The molecule has 41 heavy (non-hydrogen) atoms. The maximum Gasteiger partial charge on any atom is 0.228 e. The molecule has 3 heterocycles. The van der Waals surface area contributed by atoms with Crippen molar-refractivity contribution in [3.63, 3.8) is 0 Å². The highest BCUT2D eigenvalue weighted by molar-refractivity contribution is 5.67. The smallest absolute Gasteiger partial charge is 0.228 e. The Bertz CT molecular complexity index is 1560. The van der Waals surface area contributed by atoms with E-state index in [0.717, 1.165) is 59.7 Å². The second-order valence-corrected chi connectivity index (χ2v) is 9.94. The quantitative estimate of drug-likeness (QED) is 0.168. The van der Waals surface area contributed by atoms with Crippen molar-refractivity contribution >= 4 is 17.5 Å². The average molecular weight is 547 g/mol. The van der Waals surface area contributed by atoms with Crippen molar-refractivity contribution < 1.29 is 4.74 Å². The number of hydrogen-bond acceptors (Lipinski definition) is 9. The minimum absolute atomic E-state index is 0.474. The second-order valence-electron chi connectivity index (χ2n) is 9.94. The van der Waals surface area contributed by atoms with Gasteiger partial charge in [0.25, 0.3) is 0 Å². The SMILES string of the molecule is Cc1cc(-c2ccccc2)nnc1Nc1ccc(Oc2ncccc2-c2ccnc(NCCCCN(C)C)n2)cc1. The zero-order valence-electron chi connectivity index (χ0n) is 23.6. The van der Waals surface area contributed by atoms with Crippen molar-refractivity contribution in [3.05, 3.63) is 96.8 Å². The molecule has 0 radical (unpaired) electrons. The van der Waals surface area contributed by atoms with Gasteiger partial charge >= 0.3 is 0 Å². The summed E-state index contributed by atoms with van der Waals surface area (Å²) in [5.74, 6) is 2.43. The predicted molar refractivity (Wildman–Crippen MR) is 164 cm³/mol. The lowest BCUT2D eigenvalue weighted by Crippen LogP contribution is -2.14. The monoisotopic (exact) mass is 546 g/mol. The number of unbranched alkanes of at least 4 members (excludes halogenated alkanes) is 1. The normalized spacial score (nSPS) is 10.9. The lowest BCUT2D eigenvalue weighted by molar-refractivity contribution is 0.396. The molecule has 0 atom stereocenters. The van der Waals surface area contributed by atoms with Crippen LogP contribution < -0.4 is 15.4 Å². The van der Waals surface area contributed by atoms with Crippen molar-refractivity contribution in [1.82, 2.24) is 30.0 Å². The van der Waals surface area contributed by atoms with E-state index in [-0.39, 0.29) is 0 Å². The average Bonchev–Trinajstić information content (AvgIpc) is 3.00. The Balaban J connectivity index is 1.24. The molecule has 0 aliphatic heterocycles. The molecule has 0 bridgehead atoms. The highest BCUT2D eigenvalue weighted by Crippen LogP contribution is 2.31. The molecule has 0 amide bonds. The fourth-order valence-corrected chi connectivity index (χ4v) is 4.23. The van der Waals surface area contributed by atoms with Gasteiger partial charge in [0.2, 0.25) is 11.8 Å². The van der Waals surface area contributed by atoms with Gasteiger partial charge in [-0.2, -0.15) is 0 Å². The standard InChI is InChI=1S/C32H34N8O/c1-23-22-29(24-10-5-4-6-11-24)38-39-30(23)36-25-13-15-26(16-14-25)41-31-27(12-9-19-33-31)28-17-20-35-32(37-28)34-18-7-8-21-40(2)3/h4-6,9-17,19-20,22H,7-8,18,21H2,1-3H3,(H,36,39)(H,34,35,37). The van der Waals surface area contributed by atoms with Gasteiger partial charge in [0.1, 0.15) is 5.75 Å². The van der Waals surface area contributed by atoms with Crippen LogP contribution in [0.5, 0.6) is 11.6 Å². The highest BCUT2D eigenvalue weighted by Gasteiger charge is 2.12. The molecule has 5 aromatic rings. The molecule has 0 aliphatic carbocycles. The number of nitrogens with one attached hydrogen (secondary N) is 2. The van der Waals surface area contributed by atoms with E-state index in [2.05, 4.69) is 49.8 Å². The number of rotatable bonds is 12. The molecule has 0 saturated heterocycles. The number of anilines is 3. The summed E-state index contributed by atoms with van der Waals surface area (Å²) >= 11 is 0. The van der Waals surface area contributed by atoms with Gasteiger partial charge in [0.05, 0.1) is 17.0 Å². The van der Waals surface area contributed by atoms with Crippen LogP contribution in [0.2, 0.25) is 0 Å². The second kappa shape index (κ2) is 13.5. The number of pyridine rings is 1. The van der Waals surface area contributed by atoms with E-state index in [0.29, 0.717) is 23.4 Å². The van der Waals surface area contributed by atoms with E-state index in [1.54, 1.807) is 12.4 Å². The number of ether oxygens (including phenoxy) is 1. The Morgan fingerprint density at radius 1 is 0.805 bits per heavy atom. The van der Waals surface area contributed by atoms with Crippen LogP contribution in [0.1, 0.15) is 18.4 Å². The van der Waals surface area contributed by atoms with Gasteiger partial charge in [-0.15, -0.1) is 10.2 Å². The molecule has 0 saturated carbocycles. The molecule has 2 aromatic carbocycles. The summed E-state index contributed by atoms with van der Waals surface area (Å²) in [6.07, 6.45) is 5.62. The molecule has 9 nitrogen and oxygen atoms in total. The van der Waals surface area contributed by atoms with Crippen molar-refractivity contribution in [2.24, 2.45) is 0 Å². The number of aryl methyl sites for hydroxylation is 1. The van der Waals surface area contributed by atoms with Crippen LogP contribution >= 0.6 is 0 Å². The minimum Gasteiger partial charge on any atom is -0.438 e. The molecule has 0 unspecified atom stereocenters. The Kier molecular flexibility index (Phi) is 9.08. The maximum atomic E-state index is 6.18. The first-order chi connectivity index (χ1) is 20.0. The van der Waals surface area contributed by atoms with E-state index < -0.39 is 0 Å². The number of benzene rings is 2. The topological polar surface area (TPSA) is 101 Å². The molecular formula is C32H34N8O. The van der Waals surface area contributed by atoms with Gasteiger partial charge in [-0.05, 0) is 94.5 Å². The predicted octanol–water partition coefficient (Wildman–Crippen LogP) is 6.59. The molecule has 0 fully saturated rings. The highest BCUT2D eigenvalue weighted by atomic mass is 16.5. The summed E-state index contributed by atoms with van der Waals surface area (Å²) in [6, 6.07) is 25.4. The maximum absolute atomic E-state index is 6.18. The van der Waals surface area contributed by atoms with Crippen LogP contribution in [0, 0.1) is 6.92 Å². The molecule has 0 spiro atoms. The van der Waals surface area contributed by atoms with E-state index in [4.69, 9.17) is 9.72 Å². The van der Waals surface area contributed by atoms with E-state index >= 15 is 0 Å². The Morgan fingerprint density at radius 3 is 2.41 bits per heavy atom. The fraction of sp³-hybridized carbons (Fsp3) is 0.219. The largest absolute Gasteiger partial charge is 0.438 e. The third-order valence-corrected chi connectivity index (χ3v) is 6.40. The number of hydrogen-bond donors (Lipinski definition) is 2. The lowest BCUT2D eigenvalue weighted by atomic mass is 10.1. The van der Waals surface area contributed by atoms with Crippen LogP contribution in [0.4, 0.5) is 17.5 Å². The van der Waals surface area contributed by atoms with Crippen molar-refractivity contribution in [3.8, 4) is 34.1 Å². The molecule has 2 N–H and O–H groups in total. The molecular weight excluding hydrogens is 512 g/mol. The summed E-state index contributed by atoms with van der Waals surface area (Å²) in [6.45, 7) is 3.89. The first kappa shape index (κ1) is 27.7. The van der Waals surface area contributed by atoms with Gasteiger partial charge in [-0.25, -0.2) is 15.0 Å². The van der Waals surface area contributed by atoms with Gasteiger partial charge in [-0.1, -0.05) is 30.3 Å². The van der Waals surface area contributed by atoms with Gasteiger partial charge in [0, 0.05) is 30.2 Å². The zero-order valence-corrected chi connectivity index (χ0v) is 23.6. The summed E-state index contributed by atoms with van der Waals surface area (Å²) in [5.41, 5.74) is 5.29. The summed E-state index contributed by atoms with van der Waals surface area (Å²) in [7, 11) is 4.17. The summed E-state index contributed by atoms with van der Waals surface area (Å²) in [4.78, 5) is 15.7. The van der Waals surface area contributed by atoms with Gasteiger partial charge in [-0.3, -0.25) is 0 Å². The van der Waals surface area contributed by atoms with Crippen LogP contribution in [-0.2, 0) is 0 Å². The molecule has 208 valence electrons. The molecule has 3 aromatic heterocycles. The Labute approximate surface area is 240 Å². The minimum atomic E-state index is 0.474. The fourth-order valence-electron chi connectivity index (χ4n) is 4.23. The first-order valence-electron chi connectivity index (χ1n) is 13.7. The van der Waals surface area contributed by atoms with Crippen LogP contribution in [0.25, 0.3) is 22.5 Å². The summed E-state index contributed by atoms with van der Waals surface area (Å²) in [5, 5.41) is 15.5. The van der Waals surface area contributed by atoms with Crippen LogP contribution in [0.3, 0.4) is 0 Å². The zero-order chi connectivity index (χ0) is 28.4. The van der Waals surface area contributed by atoms with Gasteiger partial charge in [0.15, 0.2) is 5.82 Å². The van der Waals surface area contributed by atoms with E-state index in [9.17, 15) is 0 Å².